The SMILES string of the molecule is CS(=O)(=O)NCC(=O)NC[C@@H]1CCN(C2CCCCCCC2)C1. The highest BCUT2D eigenvalue weighted by atomic mass is 32.2. The number of hydrogen-bond donors (Lipinski definition) is 2. The van der Waals surface area contributed by atoms with Crippen LogP contribution in [0.1, 0.15) is 51.4 Å². The minimum absolute atomic E-state index is 0.169. The Morgan fingerprint density at radius 1 is 1.09 bits per heavy atom. The summed E-state index contributed by atoms with van der Waals surface area (Å²) in [5.74, 6) is 0.238. The van der Waals surface area contributed by atoms with Crippen molar-refractivity contribution in [1.82, 2.24) is 14.9 Å². The first-order valence-electron chi connectivity index (χ1n) is 8.89. The molecule has 134 valence electrons. The predicted octanol–water partition coefficient (Wildman–Crippen LogP) is 1.09. The fourth-order valence-electron chi connectivity index (χ4n) is 3.68. The van der Waals surface area contributed by atoms with E-state index in [4.69, 9.17) is 0 Å². The van der Waals surface area contributed by atoms with E-state index < -0.39 is 10.0 Å². The van der Waals surface area contributed by atoms with Crippen LogP contribution in [0.5, 0.6) is 0 Å². The molecule has 2 aliphatic rings. The quantitative estimate of drug-likeness (QED) is 0.755. The van der Waals surface area contributed by atoms with Crippen LogP contribution in [-0.2, 0) is 14.8 Å². The van der Waals surface area contributed by atoms with Crippen molar-refractivity contribution >= 4 is 15.9 Å². The summed E-state index contributed by atoms with van der Waals surface area (Å²) in [5, 5.41) is 2.85. The normalized spacial score (nSPS) is 25.0. The highest BCUT2D eigenvalue weighted by molar-refractivity contribution is 7.88. The van der Waals surface area contributed by atoms with E-state index >= 15 is 0 Å². The maximum Gasteiger partial charge on any atom is 0.235 e. The molecule has 2 rings (SSSR count). The van der Waals surface area contributed by atoms with Gasteiger partial charge in [-0.25, -0.2) is 13.1 Å². The average molecular weight is 346 g/mol. The zero-order valence-electron chi connectivity index (χ0n) is 14.2. The molecule has 0 unspecified atom stereocenters. The van der Waals surface area contributed by atoms with Gasteiger partial charge in [0.15, 0.2) is 0 Å². The van der Waals surface area contributed by atoms with Gasteiger partial charge in [-0.15, -0.1) is 0 Å². The number of sulfonamides is 1. The maximum absolute atomic E-state index is 11.7. The van der Waals surface area contributed by atoms with Gasteiger partial charge in [0, 0.05) is 19.1 Å². The maximum atomic E-state index is 11.7. The van der Waals surface area contributed by atoms with Crippen LogP contribution in [0.3, 0.4) is 0 Å². The smallest absolute Gasteiger partial charge is 0.235 e. The van der Waals surface area contributed by atoms with Gasteiger partial charge in [-0.1, -0.05) is 32.1 Å². The van der Waals surface area contributed by atoms with Gasteiger partial charge in [0.1, 0.15) is 0 Å². The molecule has 2 fully saturated rings. The Hall–Kier alpha value is -0.660. The van der Waals surface area contributed by atoms with Crippen molar-refractivity contribution in [3.05, 3.63) is 0 Å². The molecule has 0 bridgehead atoms. The number of nitrogens with zero attached hydrogens (tertiary/aromatic N) is 1. The fraction of sp³-hybridized carbons (Fsp3) is 0.938. The molecule has 1 heterocycles. The van der Waals surface area contributed by atoms with E-state index in [1.807, 2.05) is 0 Å². The lowest BCUT2D eigenvalue weighted by Gasteiger charge is -2.29. The molecule has 1 saturated carbocycles. The summed E-state index contributed by atoms with van der Waals surface area (Å²) < 4.78 is 24.2. The third kappa shape index (κ3) is 7.18. The minimum atomic E-state index is -3.31. The van der Waals surface area contributed by atoms with Crippen molar-refractivity contribution < 1.29 is 13.2 Å². The van der Waals surface area contributed by atoms with Crippen molar-refractivity contribution in [2.75, 3.05) is 32.4 Å². The molecule has 0 aromatic carbocycles. The number of carbonyl (C=O) groups is 1. The van der Waals surface area contributed by atoms with E-state index in [-0.39, 0.29) is 12.5 Å². The van der Waals surface area contributed by atoms with Gasteiger partial charge < -0.3 is 10.2 Å². The molecule has 1 aliphatic carbocycles. The third-order valence-corrected chi connectivity index (χ3v) is 5.66. The fourth-order valence-corrected chi connectivity index (χ4v) is 4.07. The molecule has 7 heteroatoms. The second kappa shape index (κ2) is 8.99. The summed E-state index contributed by atoms with van der Waals surface area (Å²) in [6.45, 7) is 2.67. The van der Waals surface area contributed by atoms with E-state index in [0.29, 0.717) is 12.5 Å². The Kier molecular flexibility index (Phi) is 7.30. The largest absolute Gasteiger partial charge is 0.355 e. The first-order valence-corrected chi connectivity index (χ1v) is 10.8. The molecule has 0 aromatic heterocycles. The van der Waals surface area contributed by atoms with Gasteiger partial charge >= 0.3 is 0 Å². The Bertz CT molecular complexity index is 473. The third-order valence-electron chi connectivity index (χ3n) is 4.99. The van der Waals surface area contributed by atoms with Gasteiger partial charge in [0.05, 0.1) is 12.8 Å². The molecule has 0 radical (unpaired) electrons. The van der Waals surface area contributed by atoms with E-state index in [9.17, 15) is 13.2 Å². The first kappa shape index (κ1) is 18.7. The number of amides is 1. The number of nitrogens with one attached hydrogen (secondary N) is 2. The van der Waals surface area contributed by atoms with Crippen LogP contribution >= 0.6 is 0 Å². The summed E-state index contributed by atoms with van der Waals surface area (Å²) in [6, 6.07) is 0.725. The lowest BCUT2D eigenvalue weighted by Crippen LogP contribution is -2.39. The molecule has 1 amide bonds. The van der Waals surface area contributed by atoms with Crippen LogP contribution in [0.15, 0.2) is 0 Å². The standard InChI is InChI=1S/C16H31N3O3S/c1-23(21,22)18-12-16(20)17-11-14-9-10-19(13-14)15-7-5-3-2-4-6-8-15/h14-15,18H,2-13H2,1H3,(H,17,20)/t14-/m0/s1. The number of rotatable bonds is 6. The minimum Gasteiger partial charge on any atom is -0.355 e. The van der Waals surface area contributed by atoms with Crippen LogP contribution in [0, 0.1) is 5.92 Å². The second-order valence-corrected chi connectivity index (χ2v) is 8.88. The highest BCUT2D eigenvalue weighted by Crippen LogP contribution is 2.26. The lowest BCUT2D eigenvalue weighted by atomic mass is 9.96. The van der Waals surface area contributed by atoms with E-state index in [2.05, 4.69) is 14.9 Å². The summed E-state index contributed by atoms with van der Waals surface area (Å²) in [6.07, 6.45) is 11.6. The van der Waals surface area contributed by atoms with Gasteiger partial charge in [0.25, 0.3) is 0 Å². The van der Waals surface area contributed by atoms with E-state index in [1.54, 1.807) is 0 Å². The highest BCUT2D eigenvalue weighted by Gasteiger charge is 2.28. The number of likely N-dealkylation sites (tertiary alicyclic amines) is 1. The molecule has 1 atom stereocenters. The Morgan fingerprint density at radius 3 is 2.39 bits per heavy atom. The zero-order valence-corrected chi connectivity index (χ0v) is 15.0. The molecule has 2 N–H and O–H groups in total. The Morgan fingerprint density at radius 2 is 1.74 bits per heavy atom. The second-order valence-electron chi connectivity index (χ2n) is 7.05. The monoisotopic (exact) mass is 345 g/mol. The Balaban J connectivity index is 1.67. The molecule has 0 aromatic rings. The lowest BCUT2D eigenvalue weighted by molar-refractivity contribution is -0.120. The number of carbonyl (C=O) groups excluding carboxylic acids is 1. The molecule has 1 aliphatic heterocycles. The number of hydrogen-bond acceptors (Lipinski definition) is 4. The van der Waals surface area contributed by atoms with Crippen LogP contribution in [0.4, 0.5) is 0 Å². The molecule has 0 spiro atoms. The van der Waals surface area contributed by atoms with Gasteiger partial charge in [-0.05, 0) is 31.7 Å². The molecule has 23 heavy (non-hydrogen) atoms. The van der Waals surface area contributed by atoms with Crippen molar-refractivity contribution in [2.24, 2.45) is 5.92 Å². The van der Waals surface area contributed by atoms with Crippen molar-refractivity contribution in [1.29, 1.82) is 0 Å². The summed E-state index contributed by atoms with van der Waals surface area (Å²) in [5.41, 5.74) is 0. The molecular weight excluding hydrogens is 314 g/mol. The predicted molar refractivity (Wildman–Crippen MR) is 91.6 cm³/mol. The van der Waals surface area contributed by atoms with Gasteiger partial charge in [-0.2, -0.15) is 0 Å². The van der Waals surface area contributed by atoms with Crippen LogP contribution < -0.4 is 10.0 Å². The van der Waals surface area contributed by atoms with Crippen molar-refractivity contribution in [2.45, 2.75) is 57.4 Å². The van der Waals surface area contributed by atoms with E-state index in [0.717, 1.165) is 31.8 Å². The van der Waals surface area contributed by atoms with Crippen molar-refractivity contribution in [3.63, 3.8) is 0 Å². The van der Waals surface area contributed by atoms with Gasteiger partial charge in [0.2, 0.25) is 15.9 Å². The summed E-state index contributed by atoms with van der Waals surface area (Å²) in [4.78, 5) is 14.3. The molecule has 6 nitrogen and oxygen atoms in total. The molecule has 1 saturated heterocycles. The first-order chi connectivity index (χ1) is 10.9. The zero-order chi connectivity index (χ0) is 16.7. The van der Waals surface area contributed by atoms with Crippen LogP contribution in [0.25, 0.3) is 0 Å². The topological polar surface area (TPSA) is 78.5 Å². The summed E-state index contributed by atoms with van der Waals surface area (Å²) >= 11 is 0. The van der Waals surface area contributed by atoms with Crippen molar-refractivity contribution in [3.8, 4) is 0 Å². The average Bonchev–Trinajstić information content (AvgIpc) is 2.90. The summed E-state index contributed by atoms with van der Waals surface area (Å²) in [7, 11) is -3.31. The van der Waals surface area contributed by atoms with E-state index in [1.165, 1.54) is 44.9 Å². The van der Waals surface area contributed by atoms with Crippen LogP contribution in [0.2, 0.25) is 0 Å². The van der Waals surface area contributed by atoms with Gasteiger partial charge in [-0.3, -0.25) is 4.79 Å². The molecular formula is C16H31N3O3S. The Labute approximate surface area is 140 Å². The van der Waals surface area contributed by atoms with Crippen LogP contribution in [-0.4, -0.2) is 57.7 Å².